The molecule has 2 fully saturated rings. The van der Waals surface area contributed by atoms with Crippen molar-refractivity contribution in [2.24, 2.45) is 11.7 Å². The van der Waals surface area contributed by atoms with Gasteiger partial charge in [0.2, 0.25) is 5.91 Å². The summed E-state index contributed by atoms with van der Waals surface area (Å²) in [5.41, 5.74) is 9.88. The first kappa shape index (κ1) is 25.0. The van der Waals surface area contributed by atoms with Gasteiger partial charge in [0.1, 0.15) is 0 Å². The summed E-state index contributed by atoms with van der Waals surface area (Å²) in [7, 11) is 0. The molecular formula is C25H39ClN4O2. The van der Waals surface area contributed by atoms with Crippen molar-refractivity contribution in [1.82, 2.24) is 15.3 Å². The average molecular weight is 463 g/mol. The van der Waals surface area contributed by atoms with E-state index in [1.54, 1.807) is 12.1 Å². The van der Waals surface area contributed by atoms with Gasteiger partial charge >= 0.3 is 0 Å². The van der Waals surface area contributed by atoms with Gasteiger partial charge in [0.05, 0.1) is 6.04 Å². The highest BCUT2D eigenvalue weighted by atomic mass is 35.5. The quantitative estimate of drug-likeness (QED) is 0.671. The van der Waals surface area contributed by atoms with Gasteiger partial charge in [-0.3, -0.25) is 15.0 Å². The van der Waals surface area contributed by atoms with Crippen molar-refractivity contribution >= 4 is 23.4 Å². The van der Waals surface area contributed by atoms with Gasteiger partial charge in [-0.15, -0.1) is 0 Å². The van der Waals surface area contributed by atoms with Crippen LogP contribution in [0.1, 0.15) is 71.3 Å². The van der Waals surface area contributed by atoms with E-state index in [0.29, 0.717) is 30.6 Å². The number of rotatable bonds is 6. The van der Waals surface area contributed by atoms with E-state index in [1.807, 2.05) is 17.1 Å². The molecule has 1 unspecified atom stereocenters. The van der Waals surface area contributed by atoms with Crippen LogP contribution in [0.5, 0.6) is 0 Å². The summed E-state index contributed by atoms with van der Waals surface area (Å²) in [6.45, 7) is 7.78. The Morgan fingerprint density at radius 2 is 1.69 bits per heavy atom. The lowest BCUT2D eigenvalue weighted by molar-refractivity contribution is -0.146. The predicted octanol–water partition coefficient (Wildman–Crippen LogP) is 3.91. The van der Waals surface area contributed by atoms with E-state index in [0.717, 1.165) is 31.2 Å². The van der Waals surface area contributed by atoms with Crippen LogP contribution < -0.4 is 11.2 Å². The van der Waals surface area contributed by atoms with Gasteiger partial charge in [0.25, 0.3) is 5.91 Å². The Labute approximate surface area is 197 Å². The maximum Gasteiger partial charge on any atom is 0.251 e. The molecule has 178 valence electrons. The summed E-state index contributed by atoms with van der Waals surface area (Å²) in [6, 6.07) is 7.12. The number of carbonyl (C=O) groups is 2. The van der Waals surface area contributed by atoms with Crippen LogP contribution in [-0.2, 0) is 16.0 Å². The molecule has 1 atom stereocenters. The Kier molecular flexibility index (Phi) is 8.59. The highest BCUT2D eigenvalue weighted by Gasteiger charge is 2.38. The summed E-state index contributed by atoms with van der Waals surface area (Å²) in [6.07, 6.45) is 7.90. The molecule has 0 aromatic heterocycles. The molecule has 0 bridgehead atoms. The van der Waals surface area contributed by atoms with E-state index < -0.39 is 6.04 Å². The second-order valence-corrected chi connectivity index (χ2v) is 10.8. The Morgan fingerprint density at radius 3 is 2.25 bits per heavy atom. The van der Waals surface area contributed by atoms with Gasteiger partial charge in [-0.1, -0.05) is 43.0 Å². The minimum Gasteiger partial charge on any atom is -0.335 e. The molecule has 1 saturated carbocycles. The Morgan fingerprint density at radius 1 is 1.09 bits per heavy atom. The molecule has 2 amide bonds. The number of nitrogens with zero attached hydrogens (tertiary/aromatic N) is 2. The lowest BCUT2D eigenvalue weighted by Crippen LogP contribution is -2.57. The summed E-state index contributed by atoms with van der Waals surface area (Å²) < 4.78 is 0. The fraction of sp³-hybridized carbons (Fsp3) is 0.680. The molecule has 1 heterocycles. The van der Waals surface area contributed by atoms with E-state index >= 15 is 0 Å². The molecule has 7 heteroatoms. The average Bonchev–Trinajstić information content (AvgIpc) is 2.75. The molecule has 1 aromatic rings. The second-order valence-electron chi connectivity index (χ2n) is 10.3. The van der Waals surface area contributed by atoms with Crippen molar-refractivity contribution in [3.8, 4) is 0 Å². The molecule has 1 aliphatic carbocycles. The van der Waals surface area contributed by atoms with Crippen molar-refractivity contribution in [2.75, 3.05) is 13.1 Å². The first-order chi connectivity index (χ1) is 15.1. The zero-order valence-electron chi connectivity index (χ0n) is 19.8. The summed E-state index contributed by atoms with van der Waals surface area (Å²) in [5.74, 6) is 0.116. The molecule has 3 rings (SSSR count). The minimum atomic E-state index is -0.627. The monoisotopic (exact) mass is 462 g/mol. The maximum atomic E-state index is 13.5. The standard InChI is InChI=1S/C25H39ClN4O2/c1-25(2,3)30(21-7-5-4-6-8-21)24(32)19-13-15-29(16-14-19)28-23(31)22(27)17-18-9-11-20(26)12-10-18/h9-12,19,21-22H,4-8,13-17,27H2,1-3H3,(H,28,31). The van der Waals surface area contributed by atoms with Gasteiger partial charge in [0.15, 0.2) is 0 Å². The fourth-order valence-electron chi connectivity index (χ4n) is 5.04. The van der Waals surface area contributed by atoms with Crippen LogP contribution in [-0.4, -0.2) is 52.4 Å². The summed E-state index contributed by atoms with van der Waals surface area (Å²) in [4.78, 5) is 28.2. The minimum absolute atomic E-state index is 0.0204. The number of halogens is 1. The SMILES string of the molecule is CC(C)(C)N(C(=O)C1CCN(NC(=O)C(N)Cc2ccc(Cl)cc2)CC1)C1CCCCC1. The third-order valence-corrected chi connectivity index (χ3v) is 6.97. The van der Waals surface area contributed by atoms with Crippen LogP contribution in [0.4, 0.5) is 0 Å². The summed E-state index contributed by atoms with van der Waals surface area (Å²) >= 11 is 5.92. The van der Waals surface area contributed by atoms with Crippen molar-refractivity contribution in [3.05, 3.63) is 34.9 Å². The van der Waals surface area contributed by atoms with E-state index in [-0.39, 0.29) is 23.3 Å². The summed E-state index contributed by atoms with van der Waals surface area (Å²) in [5, 5.41) is 2.58. The molecular weight excluding hydrogens is 424 g/mol. The van der Waals surface area contributed by atoms with Crippen molar-refractivity contribution < 1.29 is 9.59 Å². The van der Waals surface area contributed by atoms with E-state index in [2.05, 4.69) is 31.1 Å². The smallest absolute Gasteiger partial charge is 0.251 e. The number of hydrazine groups is 1. The largest absolute Gasteiger partial charge is 0.335 e. The van der Waals surface area contributed by atoms with Crippen LogP contribution in [0.25, 0.3) is 0 Å². The third kappa shape index (κ3) is 6.69. The van der Waals surface area contributed by atoms with Crippen LogP contribution in [0.2, 0.25) is 5.02 Å². The number of nitrogens with two attached hydrogens (primary N) is 1. The van der Waals surface area contributed by atoms with Crippen molar-refractivity contribution in [2.45, 2.75) is 89.8 Å². The molecule has 2 aliphatic rings. The topological polar surface area (TPSA) is 78.7 Å². The first-order valence-electron chi connectivity index (χ1n) is 12.0. The molecule has 32 heavy (non-hydrogen) atoms. The van der Waals surface area contributed by atoms with Gasteiger partial charge in [-0.05, 0) is 70.6 Å². The number of nitrogens with one attached hydrogen (secondary N) is 1. The second kappa shape index (κ2) is 11.0. The third-order valence-electron chi connectivity index (χ3n) is 6.72. The Balaban J connectivity index is 1.50. The Hall–Kier alpha value is -1.63. The number of piperidine rings is 1. The van der Waals surface area contributed by atoms with E-state index in [1.165, 1.54) is 19.3 Å². The maximum absolute atomic E-state index is 13.5. The van der Waals surface area contributed by atoms with Gasteiger partial charge in [0, 0.05) is 35.6 Å². The molecule has 1 aromatic carbocycles. The number of carbonyl (C=O) groups excluding carboxylic acids is 2. The van der Waals surface area contributed by atoms with Crippen LogP contribution in [0.3, 0.4) is 0 Å². The van der Waals surface area contributed by atoms with E-state index in [4.69, 9.17) is 17.3 Å². The van der Waals surface area contributed by atoms with Gasteiger partial charge in [-0.2, -0.15) is 0 Å². The van der Waals surface area contributed by atoms with Gasteiger partial charge in [-0.25, -0.2) is 5.01 Å². The lowest BCUT2D eigenvalue weighted by Gasteiger charge is -2.46. The van der Waals surface area contributed by atoms with Crippen LogP contribution in [0.15, 0.2) is 24.3 Å². The van der Waals surface area contributed by atoms with Crippen molar-refractivity contribution in [1.29, 1.82) is 0 Å². The molecule has 0 spiro atoms. The number of hydrogen-bond donors (Lipinski definition) is 2. The number of hydrogen-bond acceptors (Lipinski definition) is 4. The number of amides is 2. The van der Waals surface area contributed by atoms with Crippen LogP contribution in [0, 0.1) is 5.92 Å². The highest BCUT2D eigenvalue weighted by molar-refractivity contribution is 6.30. The van der Waals surface area contributed by atoms with Crippen molar-refractivity contribution in [3.63, 3.8) is 0 Å². The van der Waals surface area contributed by atoms with Gasteiger partial charge < -0.3 is 10.6 Å². The zero-order chi connectivity index (χ0) is 23.3. The molecule has 1 aliphatic heterocycles. The first-order valence-corrected chi connectivity index (χ1v) is 12.4. The number of benzene rings is 1. The zero-order valence-corrected chi connectivity index (χ0v) is 20.5. The Bertz CT molecular complexity index is 763. The van der Waals surface area contributed by atoms with Crippen LogP contribution >= 0.6 is 11.6 Å². The predicted molar refractivity (Wildman–Crippen MR) is 129 cm³/mol. The normalized spacial score (nSPS) is 20.0. The lowest BCUT2D eigenvalue weighted by atomic mass is 9.87. The molecule has 3 N–H and O–H groups in total. The fourth-order valence-corrected chi connectivity index (χ4v) is 5.16. The molecule has 1 saturated heterocycles. The highest BCUT2D eigenvalue weighted by Crippen LogP contribution is 2.31. The van der Waals surface area contributed by atoms with E-state index in [9.17, 15) is 9.59 Å². The molecule has 0 radical (unpaired) electrons. The molecule has 6 nitrogen and oxygen atoms in total.